The van der Waals surface area contributed by atoms with Gasteiger partial charge in [-0.2, -0.15) is 0 Å². The van der Waals surface area contributed by atoms with Gasteiger partial charge in [0.15, 0.2) is 0 Å². The number of hydrogen-bond acceptors (Lipinski definition) is 3. The van der Waals surface area contributed by atoms with E-state index in [2.05, 4.69) is 208 Å². The van der Waals surface area contributed by atoms with Crippen LogP contribution in [-0.4, -0.2) is 28.7 Å². The average molecular weight is 781 g/mol. The number of rotatable bonds is 7. The molecule has 0 aliphatic rings. The van der Waals surface area contributed by atoms with E-state index in [0.717, 1.165) is 95.5 Å². The Kier molecular flexibility index (Phi) is 8.06. The first-order valence-electron chi connectivity index (χ1n) is 20.5. The van der Waals surface area contributed by atoms with Crippen LogP contribution in [0.3, 0.4) is 0 Å². The van der Waals surface area contributed by atoms with Crippen molar-refractivity contribution in [2.75, 3.05) is 0 Å². The maximum absolute atomic E-state index is 5.51. The van der Waals surface area contributed by atoms with E-state index in [-0.39, 0.29) is 0 Å². The molecule has 0 aliphatic carbocycles. The van der Waals surface area contributed by atoms with Crippen LogP contribution in [0.4, 0.5) is 0 Å². The maximum Gasteiger partial charge on any atom is 0.145 e. The molecule has 0 N–H and O–H groups in total. The van der Waals surface area contributed by atoms with E-state index in [1.54, 1.807) is 0 Å². The number of para-hydroxylation sites is 6. The maximum atomic E-state index is 5.51. The number of pyridine rings is 1. The smallest absolute Gasteiger partial charge is 0.145 e. The van der Waals surface area contributed by atoms with Crippen molar-refractivity contribution < 1.29 is 0 Å². The number of fused-ring (bicyclic) bond motifs is 5. The molecule has 6 heteroatoms. The molecule has 6 nitrogen and oxygen atoms in total. The molecule has 8 aromatic carbocycles. The first kappa shape index (κ1) is 34.7. The van der Waals surface area contributed by atoms with Gasteiger partial charge >= 0.3 is 0 Å². The predicted octanol–water partition coefficient (Wildman–Crippen LogP) is 13.5. The molecular weight excluding hydrogens is 745 g/mol. The summed E-state index contributed by atoms with van der Waals surface area (Å²) in [5.74, 6) is 1.79. The van der Waals surface area contributed by atoms with E-state index in [0.29, 0.717) is 0 Å². The lowest BCUT2D eigenvalue weighted by Gasteiger charge is -2.16. The monoisotopic (exact) mass is 780 g/mol. The standard InChI is InChI=1S/C55H36N6/c1-3-17-37(18-4-1)54-57-46-27-9-13-31-52(46)60(54)41-23-15-21-39(33-41)48-35-43(59-50-29-11-7-25-44(50)45-26-8-12-30-51(45)59)36-49(56-48)40-22-16-24-42(34-40)61-53-32-14-10-28-47(53)58-55(61)38-19-5-2-6-20-38/h1-36H. The number of benzene rings is 8. The van der Waals surface area contributed by atoms with Gasteiger partial charge in [-0.1, -0.05) is 146 Å². The molecule has 0 saturated carbocycles. The van der Waals surface area contributed by atoms with E-state index in [4.69, 9.17) is 15.0 Å². The van der Waals surface area contributed by atoms with Gasteiger partial charge in [-0.3, -0.25) is 9.13 Å². The minimum Gasteiger partial charge on any atom is -0.309 e. The molecule has 0 bridgehead atoms. The van der Waals surface area contributed by atoms with Crippen molar-refractivity contribution in [2.24, 2.45) is 0 Å². The van der Waals surface area contributed by atoms with Gasteiger partial charge in [-0.15, -0.1) is 0 Å². The highest BCUT2D eigenvalue weighted by Crippen LogP contribution is 2.37. The fourth-order valence-corrected chi connectivity index (χ4v) is 8.89. The van der Waals surface area contributed by atoms with Crippen LogP contribution >= 0.6 is 0 Å². The van der Waals surface area contributed by atoms with Crippen molar-refractivity contribution in [3.05, 3.63) is 218 Å². The molecule has 4 aromatic heterocycles. The quantitative estimate of drug-likeness (QED) is 0.162. The third-order valence-corrected chi connectivity index (χ3v) is 11.6. The van der Waals surface area contributed by atoms with Crippen molar-refractivity contribution in [3.63, 3.8) is 0 Å². The summed E-state index contributed by atoms with van der Waals surface area (Å²) in [6.45, 7) is 0. The van der Waals surface area contributed by atoms with E-state index in [9.17, 15) is 0 Å². The van der Waals surface area contributed by atoms with E-state index in [1.807, 2.05) is 24.3 Å². The highest BCUT2D eigenvalue weighted by molar-refractivity contribution is 6.09. The molecule has 0 saturated heterocycles. The topological polar surface area (TPSA) is 53.5 Å². The molecule has 0 amide bonds. The summed E-state index contributed by atoms with van der Waals surface area (Å²) in [6.07, 6.45) is 0. The Morgan fingerprint density at radius 1 is 0.262 bits per heavy atom. The lowest BCUT2D eigenvalue weighted by molar-refractivity contribution is 1.10. The third kappa shape index (κ3) is 5.84. The van der Waals surface area contributed by atoms with Crippen molar-refractivity contribution in [1.29, 1.82) is 0 Å². The second-order valence-electron chi connectivity index (χ2n) is 15.3. The van der Waals surface area contributed by atoms with Gasteiger partial charge in [0.2, 0.25) is 0 Å². The van der Waals surface area contributed by atoms with Crippen LogP contribution in [0.15, 0.2) is 218 Å². The van der Waals surface area contributed by atoms with Crippen molar-refractivity contribution in [1.82, 2.24) is 28.7 Å². The van der Waals surface area contributed by atoms with Gasteiger partial charge in [0, 0.05) is 44.4 Å². The summed E-state index contributed by atoms with van der Waals surface area (Å²) in [4.78, 5) is 15.8. The molecule has 12 aromatic rings. The minimum absolute atomic E-state index is 0.866. The first-order valence-corrected chi connectivity index (χ1v) is 20.5. The van der Waals surface area contributed by atoms with Gasteiger partial charge in [0.25, 0.3) is 0 Å². The molecule has 4 heterocycles. The van der Waals surface area contributed by atoms with Gasteiger partial charge in [-0.25, -0.2) is 15.0 Å². The van der Waals surface area contributed by atoms with Crippen LogP contribution in [-0.2, 0) is 0 Å². The van der Waals surface area contributed by atoms with E-state index < -0.39 is 0 Å². The molecule has 0 unspecified atom stereocenters. The molecule has 0 fully saturated rings. The minimum atomic E-state index is 0.866. The third-order valence-electron chi connectivity index (χ3n) is 11.6. The lowest BCUT2D eigenvalue weighted by Crippen LogP contribution is -2.01. The highest BCUT2D eigenvalue weighted by atomic mass is 15.1. The number of imidazole rings is 2. The second kappa shape index (κ2) is 14.2. The van der Waals surface area contributed by atoms with Crippen LogP contribution < -0.4 is 0 Å². The molecule has 0 aliphatic heterocycles. The van der Waals surface area contributed by atoms with Crippen molar-refractivity contribution in [2.45, 2.75) is 0 Å². The molecule has 286 valence electrons. The fraction of sp³-hybridized carbons (Fsp3) is 0. The molecule has 61 heavy (non-hydrogen) atoms. The number of hydrogen-bond donors (Lipinski definition) is 0. The van der Waals surface area contributed by atoms with Crippen molar-refractivity contribution in [3.8, 4) is 62.4 Å². The van der Waals surface area contributed by atoms with Gasteiger partial charge in [-0.05, 0) is 72.8 Å². The van der Waals surface area contributed by atoms with E-state index >= 15 is 0 Å². The normalized spacial score (nSPS) is 11.6. The summed E-state index contributed by atoms with van der Waals surface area (Å²) >= 11 is 0. The zero-order chi connectivity index (χ0) is 40.3. The van der Waals surface area contributed by atoms with Gasteiger partial charge in [0.1, 0.15) is 11.6 Å². The Labute approximate surface area is 351 Å². The summed E-state index contributed by atoms with van der Waals surface area (Å²) in [7, 11) is 0. The predicted molar refractivity (Wildman–Crippen MR) is 250 cm³/mol. The SMILES string of the molecule is c1ccc(-c2nc3ccccc3n2-c2cccc(-c3cc(-n4c5ccccc5c5ccccc54)cc(-c4cccc(-n5c(-c6ccccc6)nc6ccccc65)c4)n3)c2)cc1. The van der Waals surface area contributed by atoms with Crippen LogP contribution in [0.5, 0.6) is 0 Å². The molecular formula is C55H36N6. The first-order chi connectivity index (χ1) is 30.2. The van der Waals surface area contributed by atoms with Crippen LogP contribution in [0.2, 0.25) is 0 Å². The van der Waals surface area contributed by atoms with E-state index in [1.165, 1.54) is 10.8 Å². The van der Waals surface area contributed by atoms with Crippen LogP contribution in [0.25, 0.3) is 106 Å². The zero-order valence-electron chi connectivity index (χ0n) is 33.0. The average Bonchev–Trinajstić information content (AvgIpc) is 4.03. The zero-order valence-corrected chi connectivity index (χ0v) is 33.0. The summed E-state index contributed by atoms with van der Waals surface area (Å²) in [5.41, 5.74) is 15.2. The Morgan fingerprint density at radius 3 is 1.13 bits per heavy atom. The largest absolute Gasteiger partial charge is 0.309 e. The Morgan fingerprint density at radius 2 is 0.656 bits per heavy atom. The Balaban J connectivity index is 1.08. The Bertz CT molecular complexity index is 3360. The summed E-state index contributed by atoms with van der Waals surface area (Å²) in [5, 5.41) is 2.42. The number of aromatic nitrogens is 6. The van der Waals surface area contributed by atoms with Gasteiger partial charge in [0.05, 0.1) is 50.2 Å². The fourth-order valence-electron chi connectivity index (χ4n) is 8.89. The summed E-state index contributed by atoms with van der Waals surface area (Å²) in [6, 6.07) is 76.6. The van der Waals surface area contributed by atoms with Crippen LogP contribution in [0.1, 0.15) is 0 Å². The molecule has 0 radical (unpaired) electrons. The molecule has 12 rings (SSSR count). The molecule has 0 atom stereocenters. The van der Waals surface area contributed by atoms with Crippen molar-refractivity contribution >= 4 is 43.9 Å². The highest BCUT2D eigenvalue weighted by Gasteiger charge is 2.19. The lowest BCUT2D eigenvalue weighted by atomic mass is 10.1. The van der Waals surface area contributed by atoms with Gasteiger partial charge < -0.3 is 4.57 Å². The second-order valence-corrected chi connectivity index (χ2v) is 15.3. The number of nitrogens with zero attached hydrogens (tertiary/aromatic N) is 6. The molecule has 0 spiro atoms. The summed E-state index contributed by atoms with van der Waals surface area (Å²) < 4.78 is 6.89. The Hall–Kier alpha value is -8.35. The van der Waals surface area contributed by atoms with Crippen LogP contribution in [0, 0.1) is 0 Å².